The molecule has 0 saturated heterocycles. The Bertz CT molecular complexity index is 680. The molecule has 10 heteroatoms. The molecule has 3 N–H and O–H groups in total. The van der Waals surface area contributed by atoms with Crippen LogP contribution in [-0.2, 0) is 20.9 Å². The third kappa shape index (κ3) is 5.44. The maximum absolute atomic E-state index is 12.1. The van der Waals surface area contributed by atoms with E-state index in [4.69, 9.17) is 36.5 Å². The van der Waals surface area contributed by atoms with Crippen molar-refractivity contribution in [1.29, 1.82) is 0 Å². The van der Waals surface area contributed by atoms with Crippen molar-refractivity contribution >= 4 is 71.0 Å². The van der Waals surface area contributed by atoms with Crippen molar-refractivity contribution in [3.8, 4) is 0 Å². The summed E-state index contributed by atoms with van der Waals surface area (Å²) in [7, 11) is 23.3. The first kappa shape index (κ1) is 20.9. The van der Waals surface area contributed by atoms with Gasteiger partial charge in [0.1, 0.15) is 37.4 Å². The molecule has 0 heterocycles. The molecule has 25 heavy (non-hydrogen) atoms. The van der Waals surface area contributed by atoms with Crippen molar-refractivity contribution < 1.29 is 19.5 Å². The van der Waals surface area contributed by atoms with E-state index < -0.39 is 23.8 Å². The molecule has 8 radical (unpaired) electrons. The van der Waals surface area contributed by atoms with E-state index in [0.717, 1.165) is 0 Å². The van der Waals surface area contributed by atoms with Crippen molar-refractivity contribution in [3.63, 3.8) is 0 Å². The van der Waals surface area contributed by atoms with E-state index in [1.807, 2.05) is 0 Å². The maximum Gasteiger partial charge on any atom is 0.303 e. The van der Waals surface area contributed by atoms with E-state index in [1.54, 1.807) is 6.92 Å². The molecule has 1 atom stereocenters. The summed E-state index contributed by atoms with van der Waals surface area (Å²) in [6.45, 7) is 3.25. The molecule has 0 aromatic heterocycles. The third-order valence-corrected chi connectivity index (χ3v) is 3.83. The zero-order chi connectivity index (χ0) is 19.3. The fourth-order valence-electron chi connectivity index (χ4n) is 2.18. The monoisotopic (exact) mass is 332 g/mol. The first-order valence-corrected chi connectivity index (χ1v) is 7.56. The van der Waals surface area contributed by atoms with Gasteiger partial charge in [-0.05, 0) is 19.4 Å². The van der Waals surface area contributed by atoms with E-state index in [9.17, 15) is 14.4 Å². The number of amides is 2. The van der Waals surface area contributed by atoms with Crippen molar-refractivity contribution in [1.82, 2.24) is 10.6 Å². The standard InChI is InChI=1S/C15H16B4N2O4/c1-6-8(12(17)14(19)13(18)11(6)16)5-20-15(25)7(2)21-9(22)3-4-10(23)24/h7H,3-5H2,1-2H3,(H,20,25)(H,21,22)(H,23,24). The Labute approximate surface area is 152 Å². The number of nitrogens with one attached hydrogen (secondary N) is 2. The fourth-order valence-corrected chi connectivity index (χ4v) is 2.18. The summed E-state index contributed by atoms with van der Waals surface area (Å²) in [5.41, 5.74) is 2.05. The Morgan fingerprint density at radius 2 is 1.56 bits per heavy atom. The molecule has 2 amide bonds. The van der Waals surface area contributed by atoms with Gasteiger partial charge in [0.25, 0.3) is 0 Å². The SMILES string of the molecule is [B]c1c([B])c([B])c(CNC(=O)C(C)NC(=O)CCC(=O)O)c(C)c1[B]. The highest BCUT2D eigenvalue weighted by atomic mass is 16.4. The third-order valence-electron chi connectivity index (χ3n) is 3.83. The highest BCUT2D eigenvalue weighted by molar-refractivity contribution is 6.63. The van der Waals surface area contributed by atoms with Crippen LogP contribution >= 0.6 is 0 Å². The molecule has 6 nitrogen and oxygen atoms in total. The molecule has 0 spiro atoms. The van der Waals surface area contributed by atoms with Crippen molar-refractivity contribution in [2.75, 3.05) is 0 Å². The quantitative estimate of drug-likeness (QED) is 0.446. The van der Waals surface area contributed by atoms with Crippen LogP contribution in [0.5, 0.6) is 0 Å². The Hall–Kier alpha value is -2.11. The zero-order valence-electron chi connectivity index (χ0n) is 14.2. The van der Waals surface area contributed by atoms with E-state index in [1.165, 1.54) is 6.92 Å². The fraction of sp³-hybridized carbons (Fsp3) is 0.400. The van der Waals surface area contributed by atoms with Crippen LogP contribution < -0.4 is 32.5 Å². The minimum absolute atomic E-state index is 0.0561. The number of aliphatic carboxylic acids is 1. The van der Waals surface area contributed by atoms with E-state index in [2.05, 4.69) is 10.6 Å². The van der Waals surface area contributed by atoms with Gasteiger partial charge in [-0.25, -0.2) is 0 Å². The number of benzene rings is 1. The molecular weight excluding hydrogens is 315 g/mol. The number of rotatable bonds is 7. The lowest BCUT2D eigenvalue weighted by Gasteiger charge is -2.21. The first-order valence-electron chi connectivity index (χ1n) is 7.56. The molecule has 0 aliphatic carbocycles. The largest absolute Gasteiger partial charge is 0.481 e. The summed E-state index contributed by atoms with van der Waals surface area (Å²) in [4.78, 5) is 34.1. The van der Waals surface area contributed by atoms with Crippen molar-refractivity contribution in [3.05, 3.63) is 11.1 Å². The molecule has 1 rings (SSSR count). The van der Waals surface area contributed by atoms with Crippen molar-refractivity contribution in [2.24, 2.45) is 0 Å². The lowest BCUT2D eigenvalue weighted by Crippen LogP contribution is -2.51. The number of carboxylic acid groups (broad SMARTS) is 1. The number of hydrogen-bond acceptors (Lipinski definition) is 3. The number of carbonyl (C=O) groups excluding carboxylic acids is 2. The predicted octanol–water partition coefficient (Wildman–Crippen LogP) is -3.84. The predicted molar refractivity (Wildman–Crippen MR) is 99.1 cm³/mol. The molecule has 0 saturated carbocycles. The van der Waals surface area contributed by atoms with Gasteiger partial charge in [0.15, 0.2) is 0 Å². The van der Waals surface area contributed by atoms with Gasteiger partial charge in [0, 0.05) is 13.0 Å². The molecule has 1 aromatic carbocycles. The van der Waals surface area contributed by atoms with Crippen LogP contribution in [0.25, 0.3) is 0 Å². The normalized spacial score (nSPS) is 11.6. The molecule has 1 aromatic rings. The van der Waals surface area contributed by atoms with Crippen molar-refractivity contribution in [2.45, 2.75) is 39.3 Å². The summed E-state index contributed by atoms with van der Waals surface area (Å²) in [6.07, 6.45) is -0.510. The summed E-state index contributed by atoms with van der Waals surface area (Å²) in [6, 6.07) is -0.841. The summed E-state index contributed by atoms with van der Waals surface area (Å²) in [5.74, 6) is -2.07. The second-order valence-corrected chi connectivity index (χ2v) is 5.66. The summed E-state index contributed by atoms with van der Waals surface area (Å²) in [5, 5.41) is 13.6. The smallest absolute Gasteiger partial charge is 0.303 e. The Morgan fingerprint density at radius 1 is 1.00 bits per heavy atom. The number of carboxylic acids is 1. The number of carbonyl (C=O) groups is 3. The second-order valence-electron chi connectivity index (χ2n) is 5.66. The zero-order valence-corrected chi connectivity index (χ0v) is 14.2. The summed E-state index contributed by atoms with van der Waals surface area (Å²) >= 11 is 0. The van der Waals surface area contributed by atoms with E-state index >= 15 is 0 Å². The molecule has 0 fully saturated rings. The average Bonchev–Trinajstić information content (AvgIpc) is 2.56. The van der Waals surface area contributed by atoms with Gasteiger partial charge in [-0.1, -0.05) is 11.0 Å². The maximum atomic E-state index is 12.1. The molecule has 0 aliphatic heterocycles. The first-order chi connectivity index (χ1) is 11.6. The van der Waals surface area contributed by atoms with Gasteiger partial charge in [-0.3, -0.25) is 14.4 Å². The molecule has 1 unspecified atom stereocenters. The van der Waals surface area contributed by atoms with Crippen LogP contribution in [0.4, 0.5) is 0 Å². The van der Waals surface area contributed by atoms with Crippen LogP contribution in [0.15, 0.2) is 0 Å². The molecule has 0 aliphatic rings. The Morgan fingerprint density at radius 3 is 2.12 bits per heavy atom. The Kier molecular flexibility index (Phi) is 7.39. The highest BCUT2D eigenvalue weighted by Crippen LogP contribution is 1.99. The van der Waals surface area contributed by atoms with Gasteiger partial charge in [-0.15, -0.1) is 16.4 Å². The van der Waals surface area contributed by atoms with Crippen LogP contribution in [0.1, 0.15) is 30.9 Å². The second kappa shape index (κ2) is 8.83. The molecule has 122 valence electrons. The molecule has 0 bridgehead atoms. The van der Waals surface area contributed by atoms with Crippen LogP contribution in [0.3, 0.4) is 0 Å². The van der Waals surface area contributed by atoms with E-state index in [0.29, 0.717) is 16.6 Å². The topological polar surface area (TPSA) is 95.5 Å². The lowest BCUT2D eigenvalue weighted by atomic mass is 9.63. The minimum Gasteiger partial charge on any atom is -0.481 e. The number of hydrogen-bond donors (Lipinski definition) is 3. The van der Waals surface area contributed by atoms with Crippen LogP contribution in [0, 0.1) is 6.92 Å². The van der Waals surface area contributed by atoms with Gasteiger partial charge >= 0.3 is 5.97 Å². The Balaban J connectivity index is 2.71. The minimum atomic E-state index is -1.09. The van der Waals surface area contributed by atoms with E-state index in [-0.39, 0.29) is 35.8 Å². The van der Waals surface area contributed by atoms with Gasteiger partial charge in [0.2, 0.25) is 11.8 Å². The van der Waals surface area contributed by atoms with Gasteiger partial charge in [0.05, 0.1) is 6.42 Å². The van der Waals surface area contributed by atoms with Crippen LogP contribution in [0.2, 0.25) is 0 Å². The molecular formula is C15H16B4N2O4. The summed E-state index contributed by atoms with van der Waals surface area (Å²) < 4.78 is 0. The van der Waals surface area contributed by atoms with Gasteiger partial charge in [-0.2, -0.15) is 0 Å². The van der Waals surface area contributed by atoms with Crippen LogP contribution in [-0.4, -0.2) is 60.3 Å². The van der Waals surface area contributed by atoms with Gasteiger partial charge < -0.3 is 15.7 Å². The highest BCUT2D eigenvalue weighted by Gasteiger charge is 2.17. The average molecular weight is 332 g/mol. The lowest BCUT2D eigenvalue weighted by molar-refractivity contribution is -0.139.